The fraction of sp³-hybridized carbons (Fsp3) is 0.643. The molecule has 0 unspecified atom stereocenters. The van der Waals surface area contributed by atoms with Crippen molar-refractivity contribution in [3.05, 3.63) is 21.0 Å². The average molecular weight is 355 g/mol. The van der Waals surface area contributed by atoms with E-state index in [4.69, 9.17) is 0 Å². The topological polar surface area (TPSA) is 76.0 Å². The maximum absolute atomic E-state index is 12.4. The second-order valence-corrected chi connectivity index (χ2v) is 6.70. The third-order valence-corrected chi connectivity index (χ3v) is 4.62. The standard InChI is InChI=1S/C14H19BrN4O2/c15-11-6-17-19(8-9-2-1-3-9)14(21)13(11)16-7-12(20)18-10-4-5-10/h6,9-10,16H,1-5,7-8H2,(H,18,20). The lowest BCUT2D eigenvalue weighted by Gasteiger charge is -2.25. The maximum Gasteiger partial charge on any atom is 0.291 e. The van der Waals surface area contributed by atoms with Crippen molar-refractivity contribution in [2.45, 2.75) is 44.7 Å². The molecule has 1 heterocycles. The van der Waals surface area contributed by atoms with Gasteiger partial charge in [-0.3, -0.25) is 9.59 Å². The third-order valence-electron chi connectivity index (χ3n) is 4.02. The van der Waals surface area contributed by atoms with Gasteiger partial charge in [0, 0.05) is 12.6 Å². The number of amides is 1. The van der Waals surface area contributed by atoms with Gasteiger partial charge in [-0.15, -0.1) is 0 Å². The summed E-state index contributed by atoms with van der Waals surface area (Å²) >= 11 is 3.32. The summed E-state index contributed by atoms with van der Waals surface area (Å²) in [7, 11) is 0. The molecular weight excluding hydrogens is 336 g/mol. The van der Waals surface area contributed by atoms with E-state index >= 15 is 0 Å². The normalized spacial score (nSPS) is 18.1. The average Bonchev–Trinajstić information content (AvgIpc) is 3.19. The molecular formula is C14H19BrN4O2. The zero-order valence-corrected chi connectivity index (χ0v) is 13.4. The van der Waals surface area contributed by atoms with Crippen LogP contribution in [-0.4, -0.2) is 28.3 Å². The Labute approximate surface area is 131 Å². The molecule has 2 N–H and O–H groups in total. The van der Waals surface area contributed by atoms with Crippen molar-refractivity contribution in [1.29, 1.82) is 0 Å². The quantitative estimate of drug-likeness (QED) is 0.811. The number of rotatable bonds is 6. The van der Waals surface area contributed by atoms with Gasteiger partial charge in [0.15, 0.2) is 0 Å². The Balaban J connectivity index is 1.65. The van der Waals surface area contributed by atoms with Crippen molar-refractivity contribution < 1.29 is 4.79 Å². The van der Waals surface area contributed by atoms with Crippen LogP contribution in [0.3, 0.4) is 0 Å². The van der Waals surface area contributed by atoms with Crippen molar-refractivity contribution in [2.75, 3.05) is 11.9 Å². The minimum Gasteiger partial charge on any atom is -0.371 e. The zero-order valence-electron chi connectivity index (χ0n) is 11.8. The van der Waals surface area contributed by atoms with Crippen LogP contribution in [0.25, 0.3) is 0 Å². The largest absolute Gasteiger partial charge is 0.371 e. The SMILES string of the molecule is O=C(CNc1c(Br)cnn(CC2CCC2)c1=O)NC1CC1. The molecule has 0 spiro atoms. The van der Waals surface area contributed by atoms with Gasteiger partial charge in [-0.25, -0.2) is 4.68 Å². The van der Waals surface area contributed by atoms with Gasteiger partial charge in [0.1, 0.15) is 5.69 Å². The lowest BCUT2D eigenvalue weighted by atomic mass is 9.85. The number of carbonyl (C=O) groups is 1. The van der Waals surface area contributed by atoms with Gasteiger partial charge in [0.25, 0.3) is 5.56 Å². The molecule has 0 aromatic carbocycles. The summed E-state index contributed by atoms with van der Waals surface area (Å²) in [5, 5.41) is 9.98. The second kappa shape index (κ2) is 6.17. The molecule has 2 aliphatic carbocycles. The van der Waals surface area contributed by atoms with Crippen molar-refractivity contribution in [3.63, 3.8) is 0 Å². The van der Waals surface area contributed by atoms with Crippen LogP contribution >= 0.6 is 15.9 Å². The molecule has 0 bridgehead atoms. The van der Waals surface area contributed by atoms with Gasteiger partial charge in [-0.2, -0.15) is 5.10 Å². The molecule has 3 rings (SSSR count). The van der Waals surface area contributed by atoms with E-state index in [1.54, 1.807) is 6.20 Å². The number of nitrogens with one attached hydrogen (secondary N) is 2. The van der Waals surface area contributed by atoms with Crippen LogP contribution in [0, 0.1) is 5.92 Å². The smallest absolute Gasteiger partial charge is 0.291 e. The number of halogens is 1. The highest BCUT2D eigenvalue weighted by Crippen LogP contribution is 2.27. The van der Waals surface area contributed by atoms with Gasteiger partial charge >= 0.3 is 0 Å². The van der Waals surface area contributed by atoms with Crippen LogP contribution in [0.4, 0.5) is 5.69 Å². The van der Waals surface area contributed by atoms with E-state index in [9.17, 15) is 9.59 Å². The predicted octanol–water partition coefficient (Wildman–Crippen LogP) is 1.50. The van der Waals surface area contributed by atoms with E-state index in [1.165, 1.54) is 11.1 Å². The van der Waals surface area contributed by atoms with E-state index < -0.39 is 0 Å². The molecule has 2 aliphatic rings. The van der Waals surface area contributed by atoms with Gasteiger partial charge in [0.2, 0.25) is 5.91 Å². The number of aromatic nitrogens is 2. The van der Waals surface area contributed by atoms with E-state index in [-0.39, 0.29) is 18.0 Å². The Kier molecular flexibility index (Phi) is 4.28. The Morgan fingerprint density at radius 3 is 2.76 bits per heavy atom. The number of hydrogen-bond acceptors (Lipinski definition) is 4. The first kappa shape index (κ1) is 14.6. The summed E-state index contributed by atoms with van der Waals surface area (Å²) in [6.45, 7) is 0.771. The summed E-state index contributed by atoms with van der Waals surface area (Å²) in [5.74, 6) is 0.480. The Morgan fingerprint density at radius 1 is 1.38 bits per heavy atom. The predicted molar refractivity (Wildman–Crippen MR) is 83.2 cm³/mol. The van der Waals surface area contributed by atoms with Crippen LogP contribution < -0.4 is 16.2 Å². The summed E-state index contributed by atoms with van der Waals surface area (Å²) < 4.78 is 2.09. The number of hydrogen-bond donors (Lipinski definition) is 2. The summed E-state index contributed by atoms with van der Waals surface area (Å²) in [4.78, 5) is 24.1. The first-order chi connectivity index (χ1) is 10.1. The molecule has 7 heteroatoms. The first-order valence-electron chi connectivity index (χ1n) is 7.42. The lowest BCUT2D eigenvalue weighted by Crippen LogP contribution is -2.35. The lowest BCUT2D eigenvalue weighted by molar-refractivity contribution is -0.119. The highest BCUT2D eigenvalue weighted by Gasteiger charge is 2.23. The zero-order chi connectivity index (χ0) is 14.8. The molecule has 0 saturated heterocycles. The molecule has 1 amide bonds. The molecule has 21 heavy (non-hydrogen) atoms. The molecule has 0 radical (unpaired) electrons. The van der Waals surface area contributed by atoms with E-state index in [2.05, 4.69) is 31.7 Å². The third kappa shape index (κ3) is 3.64. The second-order valence-electron chi connectivity index (χ2n) is 5.85. The van der Waals surface area contributed by atoms with Gasteiger partial charge in [-0.05, 0) is 47.5 Å². The fourth-order valence-corrected chi connectivity index (χ4v) is 2.76. The molecule has 114 valence electrons. The van der Waals surface area contributed by atoms with Crippen LogP contribution in [0.2, 0.25) is 0 Å². The molecule has 0 atom stereocenters. The summed E-state index contributed by atoms with van der Waals surface area (Å²) in [6, 6.07) is 0.329. The number of anilines is 1. The molecule has 6 nitrogen and oxygen atoms in total. The molecule has 2 saturated carbocycles. The first-order valence-corrected chi connectivity index (χ1v) is 8.21. The fourth-order valence-electron chi connectivity index (χ4n) is 2.35. The molecule has 0 aliphatic heterocycles. The van der Waals surface area contributed by atoms with Crippen LogP contribution in [0.5, 0.6) is 0 Å². The summed E-state index contributed by atoms with van der Waals surface area (Å²) in [5.41, 5.74) is 0.241. The monoisotopic (exact) mass is 354 g/mol. The Bertz CT molecular complexity index is 593. The summed E-state index contributed by atoms with van der Waals surface area (Å²) in [6.07, 6.45) is 7.29. The Hall–Kier alpha value is -1.37. The number of carbonyl (C=O) groups excluding carboxylic acids is 1. The molecule has 1 aromatic heterocycles. The van der Waals surface area contributed by atoms with Gasteiger partial charge in [-0.1, -0.05) is 6.42 Å². The maximum atomic E-state index is 12.4. The van der Waals surface area contributed by atoms with Gasteiger partial charge < -0.3 is 10.6 Å². The van der Waals surface area contributed by atoms with Gasteiger partial charge in [0.05, 0.1) is 17.2 Å². The van der Waals surface area contributed by atoms with Crippen LogP contribution in [0.1, 0.15) is 32.1 Å². The minimum absolute atomic E-state index is 0.0776. The minimum atomic E-state index is -0.171. The highest BCUT2D eigenvalue weighted by molar-refractivity contribution is 9.10. The van der Waals surface area contributed by atoms with Crippen molar-refractivity contribution in [1.82, 2.24) is 15.1 Å². The van der Waals surface area contributed by atoms with Crippen LogP contribution in [0.15, 0.2) is 15.5 Å². The van der Waals surface area contributed by atoms with E-state index in [0.717, 1.165) is 25.7 Å². The number of nitrogens with zero attached hydrogens (tertiary/aromatic N) is 2. The molecule has 1 aromatic rings. The molecule has 2 fully saturated rings. The van der Waals surface area contributed by atoms with E-state index in [1.807, 2.05) is 0 Å². The van der Waals surface area contributed by atoms with Crippen molar-refractivity contribution in [3.8, 4) is 0 Å². The highest BCUT2D eigenvalue weighted by atomic mass is 79.9. The van der Waals surface area contributed by atoms with Crippen molar-refractivity contribution in [2.24, 2.45) is 5.92 Å². The van der Waals surface area contributed by atoms with E-state index in [0.29, 0.717) is 28.7 Å². The van der Waals surface area contributed by atoms with Crippen LogP contribution in [-0.2, 0) is 11.3 Å². The Morgan fingerprint density at radius 2 is 2.14 bits per heavy atom. The van der Waals surface area contributed by atoms with Crippen molar-refractivity contribution >= 4 is 27.5 Å².